The average molecular weight is 425 g/mol. The van der Waals surface area contributed by atoms with Crippen molar-refractivity contribution in [3.05, 3.63) is 65.1 Å². The largest absolute Gasteiger partial charge is 0.497 e. The smallest absolute Gasteiger partial charge is 0.266 e. The standard InChI is InChI=1S/C21H16N2O4S2/c1-27-15-9-7-13(8-10-15)11-17-20(26)23(21(28)29-17)16-12-18(24)22(19(16)25)14-5-3-2-4-6-14/h2-11,16H,12H2,1H3/b17-11-/t16-/m0/s1. The monoisotopic (exact) mass is 424 g/mol. The number of rotatable bonds is 4. The second-order valence-electron chi connectivity index (χ2n) is 6.45. The number of anilines is 1. The fraction of sp³-hybridized carbons (Fsp3) is 0.143. The van der Waals surface area contributed by atoms with E-state index in [1.807, 2.05) is 12.1 Å². The van der Waals surface area contributed by atoms with Crippen molar-refractivity contribution >= 4 is 57.8 Å². The van der Waals surface area contributed by atoms with Crippen LogP contribution in [0.1, 0.15) is 12.0 Å². The van der Waals surface area contributed by atoms with E-state index < -0.39 is 11.9 Å². The van der Waals surface area contributed by atoms with E-state index in [1.165, 1.54) is 4.90 Å². The molecule has 2 heterocycles. The van der Waals surface area contributed by atoms with Gasteiger partial charge in [-0.2, -0.15) is 0 Å². The molecule has 0 N–H and O–H groups in total. The number of carbonyl (C=O) groups is 3. The van der Waals surface area contributed by atoms with Gasteiger partial charge in [-0.1, -0.05) is 54.3 Å². The number of methoxy groups -OCH3 is 1. The molecule has 2 aliphatic heterocycles. The molecule has 2 fully saturated rings. The number of imide groups is 1. The number of thioether (sulfide) groups is 1. The quantitative estimate of drug-likeness (QED) is 0.427. The minimum absolute atomic E-state index is 0.0873. The Morgan fingerprint density at radius 1 is 1.07 bits per heavy atom. The van der Waals surface area contributed by atoms with Crippen molar-refractivity contribution in [2.24, 2.45) is 0 Å². The summed E-state index contributed by atoms with van der Waals surface area (Å²) in [5.41, 5.74) is 1.30. The molecule has 8 heteroatoms. The number of nitrogens with zero attached hydrogens (tertiary/aromatic N) is 2. The third-order valence-electron chi connectivity index (χ3n) is 4.69. The SMILES string of the molecule is COc1ccc(/C=C2\SC(=S)N([C@H]3CC(=O)N(c4ccccc4)C3=O)C2=O)cc1. The minimum atomic E-state index is -0.919. The van der Waals surface area contributed by atoms with Crippen LogP contribution < -0.4 is 9.64 Å². The summed E-state index contributed by atoms with van der Waals surface area (Å²) in [6.07, 6.45) is 1.63. The zero-order chi connectivity index (χ0) is 20.5. The van der Waals surface area contributed by atoms with Crippen LogP contribution in [-0.2, 0) is 14.4 Å². The number of ether oxygens (including phenoxy) is 1. The lowest BCUT2D eigenvalue weighted by atomic mass is 10.2. The molecule has 146 valence electrons. The molecule has 2 saturated heterocycles. The molecule has 2 aromatic rings. The van der Waals surface area contributed by atoms with E-state index in [0.717, 1.165) is 22.2 Å². The Morgan fingerprint density at radius 2 is 1.76 bits per heavy atom. The molecule has 2 aliphatic rings. The summed E-state index contributed by atoms with van der Waals surface area (Å²) in [6.45, 7) is 0. The number of carbonyl (C=O) groups excluding carboxylic acids is 3. The first kappa shape index (κ1) is 19.4. The molecule has 2 aromatic carbocycles. The molecular weight excluding hydrogens is 408 g/mol. The van der Waals surface area contributed by atoms with Gasteiger partial charge in [-0.15, -0.1) is 0 Å². The van der Waals surface area contributed by atoms with Crippen molar-refractivity contribution in [3.8, 4) is 5.75 Å². The number of benzene rings is 2. The van der Waals surface area contributed by atoms with Gasteiger partial charge in [0.2, 0.25) is 5.91 Å². The van der Waals surface area contributed by atoms with Crippen LogP contribution >= 0.6 is 24.0 Å². The first-order valence-electron chi connectivity index (χ1n) is 8.82. The third kappa shape index (κ3) is 3.56. The zero-order valence-electron chi connectivity index (χ0n) is 15.4. The van der Waals surface area contributed by atoms with Crippen LogP contribution in [0.3, 0.4) is 0 Å². The van der Waals surface area contributed by atoms with Crippen molar-refractivity contribution in [2.75, 3.05) is 12.0 Å². The molecule has 0 radical (unpaired) electrons. The van der Waals surface area contributed by atoms with Gasteiger partial charge in [-0.05, 0) is 35.9 Å². The first-order chi connectivity index (χ1) is 14.0. The molecule has 1 atom stereocenters. The number of hydrogen-bond acceptors (Lipinski definition) is 6. The van der Waals surface area contributed by atoms with Gasteiger partial charge in [-0.25, -0.2) is 4.90 Å². The molecule has 0 spiro atoms. The fourth-order valence-corrected chi connectivity index (χ4v) is 4.62. The van der Waals surface area contributed by atoms with E-state index in [2.05, 4.69) is 0 Å². The van der Waals surface area contributed by atoms with Crippen LogP contribution in [0, 0.1) is 0 Å². The molecule has 6 nitrogen and oxygen atoms in total. The fourth-order valence-electron chi connectivity index (χ4n) is 3.27. The highest BCUT2D eigenvalue weighted by Gasteiger charge is 2.48. The molecule has 0 unspecified atom stereocenters. The predicted octanol–water partition coefficient (Wildman–Crippen LogP) is 3.23. The maximum Gasteiger partial charge on any atom is 0.266 e. The normalized spacial score (nSPS) is 20.9. The molecule has 0 aliphatic carbocycles. The second-order valence-corrected chi connectivity index (χ2v) is 8.12. The van der Waals surface area contributed by atoms with Crippen LogP contribution in [-0.4, -0.2) is 40.1 Å². The molecule has 3 amide bonds. The van der Waals surface area contributed by atoms with Crippen LogP contribution in [0.2, 0.25) is 0 Å². The lowest BCUT2D eigenvalue weighted by Gasteiger charge is -2.21. The lowest BCUT2D eigenvalue weighted by molar-refractivity contribution is -0.129. The van der Waals surface area contributed by atoms with Crippen molar-refractivity contribution in [1.29, 1.82) is 0 Å². The van der Waals surface area contributed by atoms with Gasteiger partial charge in [0.1, 0.15) is 16.1 Å². The highest BCUT2D eigenvalue weighted by atomic mass is 32.2. The van der Waals surface area contributed by atoms with Crippen LogP contribution in [0.4, 0.5) is 5.69 Å². The number of para-hydroxylation sites is 1. The molecule has 0 saturated carbocycles. The number of thiocarbonyl (C=S) groups is 1. The van der Waals surface area contributed by atoms with Crippen molar-refractivity contribution in [2.45, 2.75) is 12.5 Å². The Bertz CT molecular complexity index is 1030. The van der Waals surface area contributed by atoms with E-state index in [9.17, 15) is 14.4 Å². The van der Waals surface area contributed by atoms with Gasteiger partial charge in [0.05, 0.1) is 24.1 Å². The average Bonchev–Trinajstić information content (AvgIpc) is 3.17. The molecule has 0 bridgehead atoms. The van der Waals surface area contributed by atoms with Gasteiger partial charge in [0, 0.05) is 0 Å². The van der Waals surface area contributed by atoms with Crippen LogP contribution in [0.25, 0.3) is 6.08 Å². The Kier molecular flexibility index (Phi) is 5.21. The Morgan fingerprint density at radius 3 is 2.41 bits per heavy atom. The highest BCUT2D eigenvalue weighted by Crippen LogP contribution is 2.37. The molecule has 29 heavy (non-hydrogen) atoms. The lowest BCUT2D eigenvalue weighted by Crippen LogP contribution is -2.44. The second kappa shape index (κ2) is 7.81. The van der Waals surface area contributed by atoms with Crippen LogP contribution in [0.5, 0.6) is 5.75 Å². The first-order valence-corrected chi connectivity index (χ1v) is 10.0. The summed E-state index contributed by atoms with van der Waals surface area (Å²) in [7, 11) is 1.58. The van der Waals surface area contributed by atoms with Gasteiger partial charge >= 0.3 is 0 Å². The van der Waals surface area contributed by atoms with Crippen molar-refractivity contribution < 1.29 is 19.1 Å². The van der Waals surface area contributed by atoms with E-state index in [-0.39, 0.29) is 22.6 Å². The van der Waals surface area contributed by atoms with Gasteiger partial charge in [-0.3, -0.25) is 19.3 Å². The maximum atomic E-state index is 13.0. The van der Waals surface area contributed by atoms with Gasteiger partial charge < -0.3 is 4.74 Å². The Labute approximate surface area is 177 Å². The molecule has 4 rings (SSSR count). The minimum Gasteiger partial charge on any atom is -0.497 e. The molecular formula is C21H16N2O4S2. The summed E-state index contributed by atoms with van der Waals surface area (Å²) in [5.74, 6) is -0.440. The molecule has 0 aromatic heterocycles. The Balaban J connectivity index is 1.58. The van der Waals surface area contributed by atoms with Crippen molar-refractivity contribution in [3.63, 3.8) is 0 Å². The maximum absolute atomic E-state index is 13.0. The summed E-state index contributed by atoms with van der Waals surface area (Å²) >= 11 is 6.49. The number of amides is 3. The van der Waals surface area contributed by atoms with Crippen molar-refractivity contribution in [1.82, 2.24) is 4.90 Å². The van der Waals surface area contributed by atoms with E-state index in [4.69, 9.17) is 17.0 Å². The summed E-state index contributed by atoms with van der Waals surface area (Å²) < 4.78 is 5.41. The van der Waals surface area contributed by atoms with E-state index in [0.29, 0.717) is 16.3 Å². The summed E-state index contributed by atoms with van der Waals surface area (Å²) in [5, 5.41) is 0. The highest BCUT2D eigenvalue weighted by molar-refractivity contribution is 8.26. The van der Waals surface area contributed by atoms with Gasteiger partial charge in [0.25, 0.3) is 11.8 Å². The van der Waals surface area contributed by atoms with E-state index in [1.54, 1.807) is 55.7 Å². The number of hydrogen-bond donors (Lipinski definition) is 0. The summed E-state index contributed by atoms with van der Waals surface area (Å²) in [6, 6.07) is 15.0. The van der Waals surface area contributed by atoms with Crippen LogP contribution in [0.15, 0.2) is 59.5 Å². The zero-order valence-corrected chi connectivity index (χ0v) is 17.0. The van der Waals surface area contributed by atoms with Gasteiger partial charge in [0.15, 0.2) is 0 Å². The third-order valence-corrected chi connectivity index (χ3v) is 6.02. The Hall–Kier alpha value is -2.97. The van der Waals surface area contributed by atoms with E-state index >= 15 is 0 Å². The predicted molar refractivity (Wildman–Crippen MR) is 115 cm³/mol. The topological polar surface area (TPSA) is 66.9 Å². The summed E-state index contributed by atoms with van der Waals surface area (Å²) in [4.78, 5) is 41.2.